The molecule has 1 N–H and O–H groups in total. The number of amides is 1. The second-order valence-corrected chi connectivity index (χ2v) is 6.93. The zero-order valence-electron chi connectivity index (χ0n) is 17.7. The highest BCUT2D eigenvalue weighted by atomic mass is 19.4. The van der Waals surface area contributed by atoms with Crippen LogP contribution in [0.4, 0.5) is 13.2 Å². The zero-order chi connectivity index (χ0) is 24.4. The van der Waals surface area contributed by atoms with Gasteiger partial charge in [-0.3, -0.25) is 4.79 Å². The van der Waals surface area contributed by atoms with Crippen LogP contribution in [0, 0.1) is 6.57 Å². The van der Waals surface area contributed by atoms with Crippen molar-refractivity contribution >= 4 is 5.91 Å². The number of nitrogens with one attached hydrogen (secondary N) is 1. The molecule has 10 nitrogen and oxygen atoms in total. The molecule has 34 heavy (non-hydrogen) atoms. The molecule has 1 amide bonds. The summed E-state index contributed by atoms with van der Waals surface area (Å²) in [4.78, 5) is 19.1. The Kier molecular flexibility index (Phi) is 8.33. The molecule has 0 fully saturated rings. The van der Waals surface area contributed by atoms with E-state index >= 15 is 0 Å². The van der Waals surface area contributed by atoms with Gasteiger partial charge in [0, 0.05) is 18.7 Å². The Balaban J connectivity index is 1.79. The minimum atomic E-state index is -5.10. The third kappa shape index (κ3) is 6.89. The van der Waals surface area contributed by atoms with Crippen molar-refractivity contribution in [3.05, 3.63) is 72.0 Å². The van der Waals surface area contributed by atoms with Gasteiger partial charge in [-0.05, 0) is 28.6 Å². The first-order valence-corrected chi connectivity index (χ1v) is 10.1. The molecule has 13 heteroatoms. The van der Waals surface area contributed by atoms with Crippen molar-refractivity contribution in [1.29, 1.82) is 0 Å². The number of carbonyl (C=O) groups excluding carboxylic acids is 1. The molecule has 2 atom stereocenters. The number of pyridine rings is 1. The minimum Gasteiger partial charge on any atom is -0.494 e. The first kappa shape index (κ1) is 24.4. The van der Waals surface area contributed by atoms with Crippen LogP contribution >= 0.6 is 0 Å². The van der Waals surface area contributed by atoms with Crippen molar-refractivity contribution in [2.45, 2.75) is 24.7 Å². The summed E-state index contributed by atoms with van der Waals surface area (Å²) < 4.78 is 51.2. The van der Waals surface area contributed by atoms with Crippen molar-refractivity contribution in [2.75, 3.05) is 19.8 Å². The third-order valence-electron chi connectivity index (χ3n) is 4.52. The molecule has 0 spiro atoms. The fourth-order valence-corrected chi connectivity index (χ4v) is 2.93. The van der Waals surface area contributed by atoms with Gasteiger partial charge in [-0.1, -0.05) is 24.3 Å². The summed E-state index contributed by atoms with van der Waals surface area (Å²) in [6.07, 6.45) is -3.64. The van der Waals surface area contributed by atoms with E-state index < -0.39 is 24.2 Å². The molecule has 0 aliphatic carbocycles. The molecule has 1 aromatic carbocycles. The number of para-hydroxylation sites is 1. The number of halogens is 3. The predicted molar refractivity (Wildman–Crippen MR) is 112 cm³/mol. The lowest BCUT2D eigenvalue weighted by Gasteiger charge is -2.21. The SMILES string of the molecule is [C-]#[N+]C[C@H](COc1ccccn1)n1nnnc1[C@H](CCOc1ccccc1)NC(=O)C(F)(F)F. The highest BCUT2D eigenvalue weighted by molar-refractivity contribution is 5.82. The maximum absolute atomic E-state index is 13.0. The van der Waals surface area contributed by atoms with Crippen LogP contribution in [0.5, 0.6) is 11.6 Å². The van der Waals surface area contributed by atoms with Crippen LogP contribution in [0.1, 0.15) is 24.3 Å². The molecule has 2 heterocycles. The van der Waals surface area contributed by atoms with Gasteiger partial charge >= 0.3 is 12.1 Å². The lowest BCUT2D eigenvalue weighted by Crippen LogP contribution is -2.41. The Bertz CT molecular complexity index is 1090. The van der Waals surface area contributed by atoms with E-state index in [1.165, 1.54) is 10.9 Å². The number of hydrogen-bond acceptors (Lipinski definition) is 7. The van der Waals surface area contributed by atoms with Crippen LogP contribution in [0.15, 0.2) is 54.7 Å². The van der Waals surface area contributed by atoms with E-state index in [4.69, 9.17) is 16.0 Å². The van der Waals surface area contributed by atoms with E-state index in [0.29, 0.717) is 11.6 Å². The first-order valence-electron chi connectivity index (χ1n) is 10.1. The number of rotatable bonds is 11. The van der Waals surface area contributed by atoms with Crippen LogP contribution in [0.2, 0.25) is 0 Å². The first-order chi connectivity index (χ1) is 16.4. The second kappa shape index (κ2) is 11.6. The summed E-state index contributed by atoms with van der Waals surface area (Å²) in [5.74, 6) is -1.39. The van der Waals surface area contributed by atoms with Gasteiger partial charge in [-0.2, -0.15) is 13.2 Å². The molecule has 3 rings (SSSR count). The number of benzene rings is 1. The quantitative estimate of drug-likeness (QED) is 0.425. The molecular weight excluding hydrogens is 455 g/mol. The van der Waals surface area contributed by atoms with Crippen LogP contribution in [-0.4, -0.2) is 57.0 Å². The Morgan fingerprint density at radius 2 is 1.91 bits per heavy atom. The summed E-state index contributed by atoms with van der Waals surface area (Å²) in [5.41, 5.74) is 0. The van der Waals surface area contributed by atoms with E-state index in [-0.39, 0.29) is 32.0 Å². The Labute approximate surface area is 192 Å². The van der Waals surface area contributed by atoms with Crippen molar-refractivity contribution in [3.8, 4) is 11.6 Å². The molecule has 0 unspecified atom stereocenters. The standard InChI is InChI=1S/C21H20F3N7O3/c1-25-13-15(14-34-18-9-5-6-11-26-18)31-19(28-29-30-31)17(27-20(32)21(22,23)24)10-12-33-16-7-3-2-4-8-16/h2-9,11,15,17H,10,12-14H2,(H,27,32)/t15-,17+/m1/s1. The highest BCUT2D eigenvalue weighted by Gasteiger charge is 2.41. The minimum absolute atomic E-state index is 0.0302. The Morgan fingerprint density at radius 3 is 2.59 bits per heavy atom. The van der Waals surface area contributed by atoms with Gasteiger partial charge in [0.2, 0.25) is 12.4 Å². The van der Waals surface area contributed by atoms with Crippen LogP contribution < -0.4 is 14.8 Å². The highest BCUT2D eigenvalue weighted by Crippen LogP contribution is 2.23. The fourth-order valence-electron chi connectivity index (χ4n) is 2.93. The van der Waals surface area contributed by atoms with Gasteiger partial charge < -0.3 is 19.6 Å². The number of alkyl halides is 3. The molecule has 0 aliphatic heterocycles. The third-order valence-corrected chi connectivity index (χ3v) is 4.52. The van der Waals surface area contributed by atoms with Gasteiger partial charge in [0.15, 0.2) is 11.9 Å². The molecule has 0 aliphatic rings. The van der Waals surface area contributed by atoms with Gasteiger partial charge in [-0.25, -0.2) is 16.2 Å². The largest absolute Gasteiger partial charge is 0.494 e. The molecule has 2 aromatic heterocycles. The lowest BCUT2D eigenvalue weighted by atomic mass is 10.1. The molecule has 0 saturated heterocycles. The van der Waals surface area contributed by atoms with E-state index in [2.05, 4.69) is 25.4 Å². The summed E-state index contributed by atoms with van der Waals surface area (Å²) in [6, 6.07) is 11.7. The van der Waals surface area contributed by atoms with Gasteiger partial charge in [0.05, 0.1) is 12.6 Å². The topological polar surface area (TPSA) is 108 Å². The molecule has 0 radical (unpaired) electrons. The van der Waals surface area contributed by atoms with Crippen molar-refractivity contribution in [2.24, 2.45) is 0 Å². The zero-order valence-corrected chi connectivity index (χ0v) is 17.7. The van der Waals surface area contributed by atoms with Crippen LogP contribution in [-0.2, 0) is 4.79 Å². The van der Waals surface area contributed by atoms with Gasteiger partial charge in [-0.15, -0.1) is 5.10 Å². The molecular formula is C21H20F3N7O3. The maximum atomic E-state index is 13.0. The number of carbonyl (C=O) groups is 1. The van der Waals surface area contributed by atoms with E-state index in [1.807, 2.05) is 5.32 Å². The Morgan fingerprint density at radius 1 is 1.15 bits per heavy atom. The number of ether oxygens (including phenoxy) is 2. The smallest absolute Gasteiger partial charge is 0.471 e. The number of aromatic nitrogens is 5. The van der Waals surface area contributed by atoms with Crippen LogP contribution in [0.25, 0.3) is 4.85 Å². The summed E-state index contributed by atoms with van der Waals surface area (Å²) in [7, 11) is 0. The number of hydrogen-bond donors (Lipinski definition) is 1. The number of tetrazole rings is 1. The molecule has 178 valence electrons. The van der Waals surface area contributed by atoms with E-state index in [0.717, 1.165) is 0 Å². The van der Waals surface area contributed by atoms with Crippen molar-refractivity contribution in [1.82, 2.24) is 30.5 Å². The predicted octanol–water partition coefficient (Wildman–Crippen LogP) is 2.80. The van der Waals surface area contributed by atoms with Crippen LogP contribution in [0.3, 0.4) is 0 Å². The molecule has 0 saturated carbocycles. The van der Waals surface area contributed by atoms with Gasteiger partial charge in [0.25, 0.3) is 0 Å². The van der Waals surface area contributed by atoms with E-state index in [9.17, 15) is 18.0 Å². The van der Waals surface area contributed by atoms with Crippen molar-refractivity contribution < 1.29 is 27.4 Å². The monoisotopic (exact) mass is 475 g/mol. The van der Waals surface area contributed by atoms with Crippen molar-refractivity contribution in [3.63, 3.8) is 0 Å². The normalized spacial score (nSPS) is 12.9. The summed E-state index contributed by atoms with van der Waals surface area (Å²) >= 11 is 0. The average molecular weight is 475 g/mol. The van der Waals surface area contributed by atoms with E-state index in [1.54, 1.807) is 48.5 Å². The summed E-state index contributed by atoms with van der Waals surface area (Å²) in [5, 5.41) is 13.1. The maximum Gasteiger partial charge on any atom is 0.471 e. The fraction of sp³-hybridized carbons (Fsp3) is 0.333. The summed E-state index contributed by atoms with van der Waals surface area (Å²) in [6.45, 7) is 7.01. The molecule has 0 bridgehead atoms. The number of nitrogens with zero attached hydrogens (tertiary/aromatic N) is 6. The van der Waals surface area contributed by atoms with Gasteiger partial charge in [0.1, 0.15) is 12.4 Å². The molecule has 3 aromatic rings. The average Bonchev–Trinajstić information content (AvgIpc) is 3.31. The second-order valence-electron chi connectivity index (χ2n) is 6.93. The lowest BCUT2D eigenvalue weighted by molar-refractivity contribution is -0.174. The Hall–Kier alpha value is -4.21.